The van der Waals surface area contributed by atoms with Crippen LogP contribution >= 0.6 is 0 Å². The molecule has 2 aromatic heterocycles. The average Bonchev–Trinajstić information content (AvgIpc) is 3.27. The monoisotopic (exact) mass is 460 g/mol. The van der Waals surface area contributed by atoms with Crippen LogP contribution in [0.4, 0.5) is 0 Å². The molecule has 4 rings (SSSR count). The van der Waals surface area contributed by atoms with Crippen molar-refractivity contribution in [1.29, 1.82) is 0 Å². The third-order valence-corrected chi connectivity index (χ3v) is 6.39. The molecule has 0 radical (unpaired) electrons. The van der Waals surface area contributed by atoms with Gasteiger partial charge in [0.15, 0.2) is 5.76 Å². The van der Waals surface area contributed by atoms with Crippen molar-refractivity contribution in [3.8, 4) is 0 Å². The summed E-state index contributed by atoms with van der Waals surface area (Å²) < 4.78 is 1.75. The van der Waals surface area contributed by atoms with Gasteiger partial charge in [0.1, 0.15) is 11.3 Å². The molecular formula is C27H32N4O3. The molecule has 1 amide bonds. The number of pyridine rings is 1. The van der Waals surface area contributed by atoms with Crippen molar-refractivity contribution in [3.63, 3.8) is 0 Å². The first-order chi connectivity index (χ1) is 16.2. The van der Waals surface area contributed by atoms with E-state index < -0.39 is 17.7 Å². The number of carbonyl (C=O) groups is 2. The SMILES string of the molecule is Cc1nc2ccccn2c1C(O)=C1C(=O)C(=O)N(CCCN(C)C)[C@@H]1c1ccc(C(C)C)cc1. The lowest BCUT2D eigenvalue weighted by Gasteiger charge is -2.26. The molecule has 0 aliphatic carbocycles. The Morgan fingerprint density at radius 3 is 2.47 bits per heavy atom. The number of likely N-dealkylation sites (tertiary alicyclic amines) is 1. The minimum absolute atomic E-state index is 0.112. The number of amides is 1. The van der Waals surface area contributed by atoms with Crippen LogP contribution in [0.15, 0.2) is 54.2 Å². The van der Waals surface area contributed by atoms with E-state index in [4.69, 9.17) is 0 Å². The lowest BCUT2D eigenvalue weighted by Crippen LogP contribution is -2.32. The highest BCUT2D eigenvalue weighted by Gasteiger charge is 2.46. The molecule has 1 aromatic carbocycles. The summed E-state index contributed by atoms with van der Waals surface area (Å²) in [5, 5.41) is 11.5. The van der Waals surface area contributed by atoms with E-state index in [1.165, 1.54) is 5.56 Å². The van der Waals surface area contributed by atoms with Crippen LogP contribution in [0.1, 0.15) is 54.7 Å². The van der Waals surface area contributed by atoms with Gasteiger partial charge in [-0.2, -0.15) is 0 Å². The van der Waals surface area contributed by atoms with E-state index in [1.807, 2.05) is 61.5 Å². The zero-order valence-corrected chi connectivity index (χ0v) is 20.4. The predicted octanol–water partition coefficient (Wildman–Crippen LogP) is 4.14. The summed E-state index contributed by atoms with van der Waals surface area (Å²) in [6, 6.07) is 12.9. The summed E-state index contributed by atoms with van der Waals surface area (Å²) >= 11 is 0. The van der Waals surface area contributed by atoms with Crippen LogP contribution in [-0.2, 0) is 9.59 Å². The van der Waals surface area contributed by atoms with Crippen molar-refractivity contribution in [2.45, 2.75) is 39.2 Å². The molecule has 0 saturated carbocycles. The Labute approximate surface area is 200 Å². The first-order valence-electron chi connectivity index (χ1n) is 11.7. The lowest BCUT2D eigenvalue weighted by atomic mass is 9.93. The van der Waals surface area contributed by atoms with Crippen molar-refractivity contribution >= 4 is 23.1 Å². The number of benzene rings is 1. The van der Waals surface area contributed by atoms with Crippen molar-refractivity contribution in [2.24, 2.45) is 0 Å². The van der Waals surface area contributed by atoms with E-state index in [1.54, 1.807) is 22.4 Å². The third-order valence-electron chi connectivity index (χ3n) is 6.39. The molecule has 3 heterocycles. The van der Waals surface area contributed by atoms with Crippen molar-refractivity contribution in [1.82, 2.24) is 19.2 Å². The van der Waals surface area contributed by atoms with Gasteiger partial charge in [-0.15, -0.1) is 0 Å². The normalized spacial score (nSPS) is 18.1. The standard InChI is InChI=1S/C27H32N4O3/c1-17(2)19-10-12-20(13-11-19)24-22(26(33)27(34)31(24)16-8-14-29(4)5)25(32)23-18(3)28-21-9-6-7-15-30(21)23/h6-7,9-13,15,17,24,32H,8,14,16H2,1-5H3/t24-/m1/s1. The maximum atomic E-state index is 13.3. The molecule has 0 bridgehead atoms. The fourth-order valence-corrected chi connectivity index (χ4v) is 4.60. The number of aliphatic hydroxyl groups excluding tert-OH is 1. The molecule has 7 heteroatoms. The van der Waals surface area contributed by atoms with Gasteiger partial charge in [-0.25, -0.2) is 4.98 Å². The molecule has 7 nitrogen and oxygen atoms in total. The highest BCUT2D eigenvalue weighted by atomic mass is 16.3. The lowest BCUT2D eigenvalue weighted by molar-refractivity contribution is -0.139. The number of hydrogen-bond donors (Lipinski definition) is 1. The molecule has 1 atom stereocenters. The van der Waals surface area contributed by atoms with E-state index in [-0.39, 0.29) is 11.3 Å². The Bertz CT molecular complexity index is 1250. The first-order valence-corrected chi connectivity index (χ1v) is 11.7. The summed E-state index contributed by atoms with van der Waals surface area (Å²) in [4.78, 5) is 34.6. The number of Topliss-reactive ketones (excluding diaryl/α,β-unsaturated/α-hetero) is 1. The largest absolute Gasteiger partial charge is 0.505 e. The van der Waals surface area contributed by atoms with Crippen molar-refractivity contribution < 1.29 is 14.7 Å². The summed E-state index contributed by atoms with van der Waals surface area (Å²) in [7, 11) is 3.95. The fourth-order valence-electron chi connectivity index (χ4n) is 4.60. The molecule has 1 aliphatic heterocycles. The molecule has 1 aliphatic rings. The third kappa shape index (κ3) is 4.23. The van der Waals surface area contributed by atoms with Gasteiger partial charge >= 0.3 is 0 Å². The summed E-state index contributed by atoms with van der Waals surface area (Å²) in [5.41, 5.74) is 3.79. The highest BCUT2D eigenvalue weighted by Crippen LogP contribution is 2.40. The van der Waals surface area contributed by atoms with Crippen LogP contribution in [0.2, 0.25) is 0 Å². The van der Waals surface area contributed by atoms with Gasteiger partial charge in [0.25, 0.3) is 11.7 Å². The average molecular weight is 461 g/mol. The van der Waals surface area contributed by atoms with Crippen molar-refractivity contribution in [3.05, 3.63) is 76.7 Å². The van der Waals surface area contributed by atoms with Crippen molar-refractivity contribution in [2.75, 3.05) is 27.2 Å². The molecular weight excluding hydrogens is 428 g/mol. The number of aliphatic hydroxyl groups is 1. The molecule has 178 valence electrons. The summed E-state index contributed by atoms with van der Waals surface area (Å²) in [6.07, 6.45) is 2.51. The quantitative estimate of drug-likeness (QED) is 0.326. The number of imidazole rings is 1. The second-order valence-corrected chi connectivity index (χ2v) is 9.45. The molecule has 0 unspecified atom stereocenters. The zero-order valence-electron chi connectivity index (χ0n) is 20.4. The minimum atomic E-state index is -0.662. The summed E-state index contributed by atoms with van der Waals surface area (Å²) in [6.45, 7) is 7.24. The Hall–Kier alpha value is -3.45. The van der Waals surface area contributed by atoms with Crippen LogP contribution in [0.5, 0.6) is 0 Å². The molecule has 1 saturated heterocycles. The van der Waals surface area contributed by atoms with Gasteiger partial charge in [0.2, 0.25) is 0 Å². The van der Waals surface area contributed by atoms with Crippen LogP contribution in [0.3, 0.4) is 0 Å². The number of ketones is 1. The topological polar surface area (TPSA) is 78.1 Å². The Morgan fingerprint density at radius 2 is 1.82 bits per heavy atom. The van der Waals surface area contributed by atoms with Crippen LogP contribution in [0, 0.1) is 6.92 Å². The van der Waals surface area contributed by atoms with Gasteiger partial charge < -0.3 is 14.9 Å². The zero-order chi connectivity index (χ0) is 24.6. The maximum Gasteiger partial charge on any atom is 0.295 e. The molecule has 1 fully saturated rings. The number of nitrogens with zero attached hydrogens (tertiary/aromatic N) is 4. The number of hydrogen-bond acceptors (Lipinski definition) is 5. The maximum absolute atomic E-state index is 13.3. The fraction of sp³-hybridized carbons (Fsp3) is 0.370. The van der Waals surface area contributed by atoms with Gasteiger partial charge in [-0.1, -0.05) is 44.2 Å². The van der Waals surface area contributed by atoms with Gasteiger partial charge in [0, 0.05) is 12.7 Å². The van der Waals surface area contributed by atoms with E-state index in [9.17, 15) is 14.7 Å². The second kappa shape index (κ2) is 9.43. The minimum Gasteiger partial charge on any atom is -0.505 e. The number of fused-ring (bicyclic) bond motifs is 1. The van der Waals surface area contributed by atoms with Crippen LogP contribution in [-0.4, -0.2) is 63.2 Å². The van der Waals surface area contributed by atoms with E-state index in [2.05, 4.69) is 18.8 Å². The smallest absolute Gasteiger partial charge is 0.295 e. The molecule has 1 N–H and O–H groups in total. The number of aromatic nitrogens is 2. The number of carbonyl (C=O) groups excluding carboxylic acids is 2. The second-order valence-electron chi connectivity index (χ2n) is 9.45. The van der Waals surface area contributed by atoms with E-state index >= 15 is 0 Å². The Kier molecular flexibility index (Phi) is 6.57. The van der Waals surface area contributed by atoms with Gasteiger partial charge in [-0.05, 0) is 63.2 Å². The van der Waals surface area contributed by atoms with E-state index in [0.717, 1.165) is 18.5 Å². The van der Waals surface area contributed by atoms with Crippen LogP contribution in [0.25, 0.3) is 11.4 Å². The molecule has 3 aromatic rings. The highest BCUT2D eigenvalue weighted by molar-refractivity contribution is 6.46. The van der Waals surface area contributed by atoms with E-state index in [0.29, 0.717) is 29.5 Å². The van der Waals surface area contributed by atoms with Gasteiger partial charge in [0.05, 0.1) is 17.3 Å². The number of aryl methyl sites for hydroxylation is 1. The summed E-state index contributed by atoms with van der Waals surface area (Å²) in [5.74, 6) is -1.07. The number of rotatable bonds is 7. The van der Waals surface area contributed by atoms with Gasteiger partial charge in [-0.3, -0.25) is 14.0 Å². The predicted molar refractivity (Wildman–Crippen MR) is 133 cm³/mol. The molecule has 34 heavy (non-hydrogen) atoms. The van der Waals surface area contributed by atoms with Crippen LogP contribution < -0.4 is 0 Å². The first kappa shape index (κ1) is 23.7. The Balaban J connectivity index is 1.86. The Morgan fingerprint density at radius 1 is 1.12 bits per heavy atom. The molecule has 0 spiro atoms.